The van der Waals surface area contributed by atoms with Gasteiger partial charge in [-0.25, -0.2) is 4.39 Å². The Balaban J connectivity index is 1.82. The highest BCUT2D eigenvalue weighted by Gasteiger charge is 2.18. The third-order valence-electron chi connectivity index (χ3n) is 4.35. The first-order chi connectivity index (χ1) is 14.1. The molecule has 0 saturated carbocycles. The fraction of sp³-hybridized carbons (Fsp3) is 0.286. The maximum Gasteiger partial charge on any atom is 0.233 e. The molecule has 0 atom stereocenters. The minimum Gasteiger partial charge on any atom is -0.483 e. The zero-order valence-corrected chi connectivity index (χ0v) is 17.2. The van der Waals surface area contributed by atoms with Gasteiger partial charge in [-0.1, -0.05) is 42.1 Å². The standard InChI is InChI=1S/C21H23FN4O2S/c1-3-25(4-2)20(27)15-29-21-24-23-19(26(21)16-10-6-5-7-11-16)14-28-18-13-9-8-12-17(18)22/h5-13H,3-4,14-15H2,1-2H3. The van der Waals surface area contributed by atoms with Crippen LogP contribution in [0.15, 0.2) is 59.8 Å². The van der Waals surface area contributed by atoms with Crippen molar-refractivity contribution in [3.63, 3.8) is 0 Å². The van der Waals surface area contributed by atoms with Crippen LogP contribution in [0.4, 0.5) is 4.39 Å². The van der Waals surface area contributed by atoms with Crippen molar-refractivity contribution in [3.05, 3.63) is 66.2 Å². The summed E-state index contributed by atoms with van der Waals surface area (Å²) in [6.07, 6.45) is 0. The van der Waals surface area contributed by atoms with E-state index in [2.05, 4.69) is 10.2 Å². The van der Waals surface area contributed by atoms with Crippen LogP contribution in [0.2, 0.25) is 0 Å². The van der Waals surface area contributed by atoms with Gasteiger partial charge in [0.05, 0.1) is 5.75 Å². The Morgan fingerprint density at radius 1 is 1.07 bits per heavy atom. The first-order valence-electron chi connectivity index (χ1n) is 9.41. The predicted molar refractivity (Wildman–Crippen MR) is 111 cm³/mol. The predicted octanol–water partition coefficient (Wildman–Crippen LogP) is 3.95. The summed E-state index contributed by atoms with van der Waals surface area (Å²) in [5.74, 6) is 0.559. The van der Waals surface area contributed by atoms with E-state index in [1.165, 1.54) is 17.8 Å². The normalized spacial score (nSPS) is 10.7. The number of carbonyl (C=O) groups is 1. The number of hydrogen-bond acceptors (Lipinski definition) is 5. The molecule has 0 unspecified atom stereocenters. The minimum atomic E-state index is -0.433. The van der Waals surface area contributed by atoms with E-state index in [1.807, 2.05) is 48.7 Å². The van der Waals surface area contributed by atoms with Crippen LogP contribution in [0.25, 0.3) is 5.69 Å². The number of carbonyl (C=O) groups excluding carboxylic acids is 1. The molecule has 3 rings (SSSR count). The monoisotopic (exact) mass is 414 g/mol. The van der Waals surface area contributed by atoms with Crippen LogP contribution in [-0.2, 0) is 11.4 Å². The average molecular weight is 415 g/mol. The fourth-order valence-corrected chi connectivity index (χ4v) is 3.70. The van der Waals surface area contributed by atoms with Gasteiger partial charge in [-0.2, -0.15) is 0 Å². The van der Waals surface area contributed by atoms with E-state index < -0.39 is 5.82 Å². The van der Waals surface area contributed by atoms with E-state index in [0.717, 1.165) is 5.69 Å². The van der Waals surface area contributed by atoms with E-state index in [4.69, 9.17) is 4.74 Å². The average Bonchev–Trinajstić information content (AvgIpc) is 3.16. The highest BCUT2D eigenvalue weighted by molar-refractivity contribution is 7.99. The Morgan fingerprint density at radius 3 is 2.45 bits per heavy atom. The number of hydrogen-bond donors (Lipinski definition) is 0. The molecule has 0 N–H and O–H groups in total. The molecule has 2 aromatic carbocycles. The first-order valence-corrected chi connectivity index (χ1v) is 10.4. The maximum absolute atomic E-state index is 13.9. The number of benzene rings is 2. The molecule has 0 bridgehead atoms. The van der Waals surface area contributed by atoms with E-state index in [0.29, 0.717) is 24.1 Å². The van der Waals surface area contributed by atoms with Gasteiger partial charge in [-0.05, 0) is 38.1 Å². The largest absolute Gasteiger partial charge is 0.483 e. The van der Waals surface area contributed by atoms with Gasteiger partial charge in [0.25, 0.3) is 0 Å². The van der Waals surface area contributed by atoms with Crippen LogP contribution >= 0.6 is 11.8 Å². The van der Waals surface area contributed by atoms with Gasteiger partial charge in [0.1, 0.15) is 6.61 Å². The van der Waals surface area contributed by atoms with Crippen molar-refractivity contribution >= 4 is 17.7 Å². The second-order valence-corrected chi connectivity index (χ2v) is 7.09. The van der Waals surface area contributed by atoms with Gasteiger partial charge in [-0.3, -0.25) is 9.36 Å². The van der Waals surface area contributed by atoms with Crippen LogP contribution < -0.4 is 4.74 Å². The van der Waals surface area contributed by atoms with Gasteiger partial charge in [-0.15, -0.1) is 10.2 Å². The summed E-state index contributed by atoms with van der Waals surface area (Å²) >= 11 is 1.32. The smallest absolute Gasteiger partial charge is 0.233 e. The maximum atomic E-state index is 13.9. The number of nitrogens with zero attached hydrogens (tertiary/aromatic N) is 4. The first kappa shape index (κ1) is 20.9. The Labute approximate surface area is 173 Å². The molecule has 0 aliphatic heterocycles. The SMILES string of the molecule is CCN(CC)C(=O)CSc1nnc(COc2ccccc2F)n1-c1ccccc1. The molecule has 0 radical (unpaired) electrons. The van der Waals surface area contributed by atoms with Crippen molar-refractivity contribution < 1.29 is 13.9 Å². The second kappa shape index (κ2) is 10.1. The number of ether oxygens (including phenoxy) is 1. The molecule has 8 heteroatoms. The summed E-state index contributed by atoms with van der Waals surface area (Å²) in [7, 11) is 0. The molecule has 1 amide bonds. The summed E-state index contributed by atoms with van der Waals surface area (Å²) in [4.78, 5) is 14.1. The molecule has 6 nitrogen and oxygen atoms in total. The van der Waals surface area contributed by atoms with E-state index in [-0.39, 0.29) is 24.0 Å². The van der Waals surface area contributed by atoms with Crippen molar-refractivity contribution in [2.24, 2.45) is 0 Å². The lowest BCUT2D eigenvalue weighted by Gasteiger charge is -2.18. The fourth-order valence-electron chi connectivity index (χ4n) is 2.82. The molecule has 0 aliphatic rings. The summed E-state index contributed by atoms with van der Waals surface area (Å²) < 4.78 is 21.3. The summed E-state index contributed by atoms with van der Waals surface area (Å²) in [6.45, 7) is 5.30. The third-order valence-corrected chi connectivity index (χ3v) is 5.26. The van der Waals surface area contributed by atoms with Crippen molar-refractivity contribution in [1.29, 1.82) is 0 Å². The number of rotatable bonds is 9. The second-order valence-electron chi connectivity index (χ2n) is 6.14. The van der Waals surface area contributed by atoms with Crippen LogP contribution in [0.5, 0.6) is 5.75 Å². The zero-order chi connectivity index (χ0) is 20.6. The molecule has 1 heterocycles. The van der Waals surface area contributed by atoms with Crippen molar-refractivity contribution in [3.8, 4) is 11.4 Å². The summed E-state index contributed by atoms with van der Waals surface area (Å²) in [6, 6.07) is 15.8. The summed E-state index contributed by atoms with van der Waals surface area (Å²) in [5.41, 5.74) is 0.849. The molecule has 0 fully saturated rings. The van der Waals surface area contributed by atoms with Crippen molar-refractivity contribution in [2.75, 3.05) is 18.8 Å². The molecule has 3 aromatic rings. The number of aromatic nitrogens is 3. The molecule has 0 aliphatic carbocycles. The Bertz CT molecular complexity index is 945. The number of para-hydroxylation sites is 2. The van der Waals surface area contributed by atoms with Gasteiger partial charge in [0, 0.05) is 18.8 Å². The van der Waals surface area contributed by atoms with Crippen molar-refractivity contribution in [2.45, 2.75) is 25.6 Å². The Kier molecular flexibility index (Phi) is 7.24. The topological polar surface area (TPSA) is 60.3 Å². The number of amides is 1. The Morgan fingerprint density at radius 2 is 1.76 bits per heavy atom. The highest BCUT2D eigenvalue weighted by Crippen LogP contribution is 2.24. The molecule has 152 valence electrons. The highest BCUT2D eigenvalue weighted by atomic mass is 32.2. The zero-order valence-electron chi connectivity index (χ0n) is 16.4. The molecule has 29 heavy (non-hydrogen) atoms. The lowest BCUT2D eigenvalue weighted by molar-refractivity contribution is -0.127. The lowest BCUT2D eigenvalue weighted by atomic mass is 10.3. The van der Waals surface area contributed by atoms with Crippen molar-refractivity contribution in [1.82, 2.24) is 19.7 Å². The Hall–Kier alpha value is -2.87. The molecular formula is C21H23FN4O2S. The molecule has 0 spiro atoms. The lowest BCUT2D eigenvalue weighted by Crippen LogP contribution is -2.31. The third kappa shape index (κ3) is 5.14. The molecular weight excluding hydrogens is 391 g/mol. The van der Waals surface area contributed by atoms with Gasteiger partial charge in [0.15, 0.2) is 22.5 Å². The van der Waals surface area contributed by atoms with E-state index >= 15 is 0 Å². The van der Waals surface area contributed by atoms with Crippen LogP contribution in [0, 0.1) is 5.82 Å². The van der Waals surface area contributed by atoms with Gasteiger partial charge >= 0.3 is 0 Å². The number of halogens is 1. The quantitative estimate of drug-likeness (QED) is 0.496. The van der Waals surface area contributed by atoms with Gasteiger partial charge in [0.2, 0.25) is 5.91 Å². The van der Waals surface area contributed by atoms with Gasteiger partial charge < -0.3 is 9.64 Å². The minimum absolute atomic E-state index is 0.0479. The summed E-state index contributed by atoms with van der Waals surface area (Å²) in [5, 5.41) is 9.05. The number of thioether (sulfide) groups is 1. The molecule has 0 saturated heterocycles. The van der Waals surface area contributed by atoms with E-state index in [9.17, 15) is 9.18 Å². The van der Waals surface area contributed by atoms with Crippen LogP contribution in [-0.4, -0.2) is 44.4 Å². The van der Waals surface area contributed by atoms with Crippen LogP contribution in [0.1, 0.15) is 19.7 Å². The van der Waals surface area contributed by atoms with E-state index in [1.54, 1.807) is 23.1 Å². The molecule has 1 aromatic heterocycles. The van der Waals surface area contributed by atoms with Crippen LogP contribution in [0.3, 0.4) is 0 Å².